The smallest absolute Gasteiger partial charge is 0.164 e. The summed E-state index contributed by atoms with van der Waals surface area (Å²) >= 11 is 0. The maximum Gasteiger partial charge on any atom is 0.164 e. The first-order chi connectivity index (χ1) is 30.2. The van der Waals surface area contributed by atoms with E-state index in [9.17, 15) is 6.85 Å². The van der Waals surface area contributed by atoms with Crippen LogP contribution in [-0.4, -0.2) is 15.0 Å². The topological polar surface area (TPSA) is 65.0 Å². The Morgan fingerprint density at radius 2 is 0.839 bits per heavy atom. The molecule has 0 aliphatic heterocycles. The van der Waals surface area contributed by atoms with E-state index in [1.807, 2.05) is 140 Å². The molecule has 0 fully saturated rings. The van der Waals surface area contributed by atoms with Crippen molar-refractivity contribution >= 4 is 43.9 Å². The van der Waals surface area contributed by atoms with Gasteiger partial charge in [0.2, 0.25) is 0 Å². The van der Waals surface area contributed by atoms with Crippen LogP contribution in [0.5, 0.6) is 0 Å². The highest BCUT2D eigenvalue weighted by Gasteiger charge is 2.17. The van der Waals surface area contributed by atoms with Crippen molar-refractivity contribution in [3.05, 3.63) is 188 Å². The van der Waals surface area contributed by atoms with E-state index in [2.05, 4.69) is 0 Å². The zero-order valence-electron chi connectivity index (χ0n) is 35.6. The highest BCUT2D eigenvalue weighted by molar-refractivity contribution is 6.14. The van der Waals surface area contributed by atoms with Gasteiger partial charge in [-0.1, -0.05) is 152 Å². The maximum absolute atomic E-state index is 9.56. The van der Waals surface area contributed by atoms with Gasteiger partial charge in [0.05, 0.1) is 8.22 Å². The van der Waals surface area contributed by atoms with Crippen LogP contribution in [0.15, 0.2) is 197 Å². The largest absolute Gasteiger partial charge is 0.456 e. The summed E-state index contributed by atoms with van der Waals surface area (Å²) < 4.78 is 68.6. The van der Waals surface area contributed by atoms with Crippen LogP contribution in [0.25, 0.3) is 111 Å². The van der Waals surface area contributed by atoms with E-state index >= 15 is 0 Å². The molecule has 262 valence electrons. The summed E-state index contributed by atoms with van der Waals surface area (Å²) in [6.07, 6.45) is 0. The lowest BCUT2D eigenvalue weighted by Gasteiger charge is -2.10. The summed E-state index contributed by atoms with van der Waals surface area (Å²) in [5.41, 5.74) is 7.08. The van der Waals surface area contributed by atoms with Gasteiger partial charge in [-0.05, 0) is 69.7 Å². The predicted molar refractivity (Wildman–Crippen MR) is 227 cm³/mol. The Kier molecular flexibility index (Phi) is 6.10. The molecule has 0 amide bonds. The first-order valence-electron chi connectivity index (χ1n) is 21.2. The summed E-state index contributed by atoms with van der Waals surface area (Å²) in [6.45, 7) is 0. The lowest BCUT2D eigenvalue weighted by atomic mass is 9.98. The van der Waals surface area contributed by atoms with Gasteiger partial charge in [-0.3, -0.25) is 0 Å². The van der Waals surface area contributed by atoms with Gasteiger partial charge in [0.25, 0.3) is 0 Å². The van der Waals surface area contributed by atoms with Crippen molar-refractivity contribution in [1.82, 2.24) is 15.0 Å². The van der Waals surface area contributed by atoms with Gasteiger partial charge < -0.3 is 8.83 Å². The van der Waals surface area contributed by atoms with Crippen molar-refractivity contribution < 1.29 is 17.1 Å². The monoisotopic (exact) mass is 723 g/mol. The molecule has 11 rings (SSSR count). The Bertz CT molecular complexity index is 3470. The minimum Gasteiger partial charge on any atom is -0.456 e. The molecule has 0 spiro atoms. The van der Waals surface area contributed by atoms with Crippen LogP contribution >= 0.6 is 0 Å². The summed E-state index contributed by atoms with van der Waals surface area (Å²) in [4.78, 5) is 14.6. The number of furan rings is 2. The Balaban J connectivity index is 1.11. The van der Waals surface area contributed by atoms with Crippen molar-refractivity contribution in [2.24, 2.45) is 0 Å². The normalized spacial score (nSPS) is 13.1. The van der Waals surface area contributed by atoms with Crippen LogP contribution in [0.2, 0.25) is 0 Å². The van der Waals surface area contributed by atoms with Crippen LogP contribution in [-0.2, 0) is 0 Å². The van der Waals surface area contributed by atoms with E-state index in [0.717, 1.165) is 27.6 Å². The maximum atomic E-state index is 9.56. The van der Waals surface area contributed by atoms with Crippen LogP contribution in [0.3, 0.4) is 0 Å². The molecular weight excluding hydrogens is 687 g/mol. The van der Waals surface area contributed by atoms with Gasteiger partial charge in [-0.15, -0.1) is 0 Å². The molecule has 56 heavy (non-hydrogen) atoms. The van der Waals surface area contributed by atoms with Crippen molar-refractivity contribution in [1.29, 1.82) is 0 Å². The van der Waals surface area contributed by atoms with Gasteiger partial charge in [0, 0.05) is 38.2 Å². The minimum absolute atomic E-state index is 0.00675. The van der Waals surface area contributed by atoms with Crippen molar-refractivity contribution in [2.75, 3.05) is 0 Å². The number of nitrogens with zero attached hydrogens (tertiary/aromatic N) is 3. The molecule has 0 saturated carbocycles. The molecular formula is C51H31N3O2. The van der Waals surface area contributed by atoms with Crippen LogP contribution in [0.1, 0.15) is 8.22 Å². The highest BCUT2D eigenvalue weighted by atomic mass is 16.3. The Morgan fingerprint density at radius 3 is 1.50 bits per heavy atom. The SMILES string of the molecule is [2H]c1c(-c2cccc3oc4ccccc4c23)c([2H])c2c(oc3c([2H])c(-c4nc(-c5ccc(-c6ccccc6)cc5)nc(-c5ccc(-c6ccccc6)cc5)n4)c([2H])c([2H])c32)c1[2H]. The average molecular weight is 724 g/mol. The second-order valence-electron chi connectivity index (χ2n) is 13.5. The van der Waals surface area contributed by atoms with Crippen LogP contribution in [0, 0.1) is 0 Å². The Hall–Kier alpha value is -7.63. The van der Waals surface area contributed by atoms with E-state index in [4.69, 9.17) is 25.2 Å². The Labute approximate surface area is 330 Å². The molecule has 0 N–H and O–H groups in total. The molecule has 0 aliphatic carbocycles. The third kappa shape index (κ3) is 5.53. The predicted octanol–water partition coefficient (Wildman–Crippen LogP) is 13.7. The standard InChI is InChI=1S/C51H31N3O2/c1-3-10-32(11-4-1)34-18-22-36(23-19-34)49-52-50(37-24-20-35(21-25-37)33-12-5-2-6-13-33)54-51(53-49)39-26-28-41-43-30-38(27-29-45(43)56-47(41)31-39)40-15-9-17-46-48(40)42-14-7-8-16-44(42)55-46/h1-31H/i26D,27D,28D,29D,30D,31D. The van der Waals surface area contributed by atoms with E-state index < -0.39 is 0 Å². The number of para-hydroxylation sites is 1. The van der Waals surface area contributed by atoms with Gasteiger partial charge in [-0.2, -0.15) is 0 Å². The fraction of sp³-hybridized carbons (Fsp3) is 0. The molecule has 0 unspecified atom stereocenters. The highest BCUT2D eigenvalue weighted by Crippen LogP contribution is 2.40. The van der Waals surface area contributed by atoms with Crippen molar-refractivity contribution in [2.45, 2.75) is 0 Å². The summed E-state index contributed by atoms with van der Waals surface area (Å²) in [5, 5.41) is 1.60. The second kappa shape index (κ2) is 13.0. The molecule has 0 aliphatic rings. The summed E-state index contributed by atoms with van der Waals surface area (Å²) in [5.74, 6) is 0.601. The van der Waals surface area contributed by atoms with E-state index in [0.29, 0.717) is 44.9 Å². The molecule has 5 heteroatoms. The number of aromatic nitrogens is 3. The number of hydrogen-bond acceptors (Lipinski definition) is 5. The first-order valence-corrected chi connectivity index (χ1v) is 18.2. The van der Waals surface area contributed by atoms with E-state index in [-0.39, 0.29) is 75.1 Å². The molecule has 3 heterocycles. The molecule has 0 atom stereocenters. The van der Waals surface area contributed by atoms with E-state index in [1.165, 1.54) is 0 Å². The van der Waals surface area contributed by atoms with Gasteiger partial charge >= 0.3 is 0 Å². The summed E-state index contributed by atoms with van der Waals surface area (Å²) in [7, 11) is 0. The molecule has 5 nitrogen and oxygen atoms in total. The molecule has 0 radical (unpaired) electrons. The van der Waals surface area contributed by atoms with Crippen LogP contribution < -0.4 is 0 Å². The number of rotatable bonds is 6. The van der Waals surface area contributed by atoms with E-state index in [1.54, 1.807) is 12.1 Å². The van der Waals surface area contributed by atoms with Crippen molar-refractivity contribution in [3.63, 3.8) is 0 Å². The molecule has 11 aromatic rings. The summed E-state index contributed by atoms with van der Waals surface area (Å²) in [6, 6.07) is 46.8. The lowest BCUT2D eigenvalue weighted by Crippen LogP contribution is -2.00. The zero-order chi connectivity index (χ0) is 42.2. The second-order valence-corrected chi connectivity index (χ2v) is 13.5. The average Bonchev–Trinajstić information content (AvgIpc) is 3.92. The third-order valence-electron chi connectivity index (χ3n) is 10.0. The quantitative estimate of drug-likeness (QED) is 0.171. The molecule has 3 aromatic heterocycles. The van der Waals surface area contributed by atoms with Crippen LogP contribution in [0.4, 0.5) is 0 Å². The molecule has 0 bridgehead atoms. The van der Waals surface area contributed by atoms with Gasteiger partial charge in [0.1, 0.15) is 22.3 Å². The first kappa shape index (κ1) is 26.2. The van der Waals surface area contributed by atoms with Crippen molar-refractivity contribution in [3.8, 4) is 67.5 Å². The fourth-order valence-electron chi connectivity index (χ4n) is 7.25. The minimum atomic E-state index is -0.350. The van der Waals surface area contributed by atoms with Gasteiger partial charge in [0.15, 0.2) is 17.5 Å². The fourth-order valence-corrected chi connectivity index (χ4v) is 7.25. The zero-order valence-corrected chi connectivity index (χ0v) is 29.6. The number of benzene rings is 8. The van der Waals surface area contributed by atoms with Gasteiger partial charge in [-0.25, -0.2) is 15.0 Å². The third-order valence-corrected chi connectivity index (χ3v) is 10.0. The number of hydrogen-bond donors (Lipinski definition) is 0. The molecule has 8 aromatic carbocycles. The Morgan fingerprint density at radius 1 is 0.321 bits per heavy atom. The molecule has 0 saturated heterocycles. The number of fused-ring (bicyclic) bond motifs is 6. The lowest BCUT2D eigenvalue weighted by molar-refractivity contribution is 0.669.